The van der Waals surface area contributed by atoms with Crippen molar-refractivity contribution in [2.75, 3.05) is 19.7 Å². The van der Waals surface area contributed by atoms with Crippen LogP contribution in [0, 0.1) is 0 Å². The molecule has 1 atom stereocenters. The summed E-state index contributed by atoms with van der Waals surface area (Å²) >= 11 is 1.11. The summed E-state index contributed by atoms with van der Waals surface area (Å²) in [7, 11) is -3.69. The van der Waals surface area contributed by atoms with E-state index in [1.807, 2.05) is 0 Å². The van der Waals surface area contributed by atoms with Gasteiger partial charge in [-0.05, 0) is 23.6 Å². The van der Waals surface area contributed by atoms with E-state index in [4.69, 9.17) is 9.15 Å². The number of carbonyl (C=O) groups excluding carboxylic acids is 2. The number of hydrogen-bond donors (Lipinski definition) is 2. The van der Waals surface area contributed by atoms with Crippen LogP contribution in [0.15, 0.2) is 44.5 Å². The third-order valence-corrected chi connectivity index (χ3v) is 6.91. The molecular formula is C15H17N3O6S2. The number of thiophene rings is 1. The third-order valence-electron chi connectivity index (χ3n) is 3.65. The highest BCUT2D eigenvalue weighted by Crippen LogP contribution is 2.25. The Morgan fingerprint density at radius 1 is 1.23 bits per heavy atom. The SMILES string of the molecule is O=C(NCc1ccco1)C(=O)NC[C@H]1OCCN1S(=O)(=O)c1cccs1. The Morgan fingerprint density at radius 2 is 2.04 bits per heavy atom. The number of carbonyl (C=O) groups is 2. The van der Waals surface area contributed by atoms with Gasteiger partial charge < -0.3 is 19.8 Å². The molecule has 2 N–H and O–H groups in total. The molecule has 26 heavy (non-hydrogen) atoms. The van der Waals surface area contributed by atoms with Crippen LogP contribution in [0.3, 0.4) is 0 Å². The number of furan rings is 1. The molecule has 1 aliphatic rings. The molecule has 1 fully saturated rings. The molecule has 9 nitrogen and oxygen atoms in total. The molecule has 2 amide bonds. The highest BCUT2D eigenvalue weighted by atomic mass is 32.2. The van der Waals surface area contributed by atoms with E-state index >= 15 is 0 Å². The maximum Gasteiger partial charge on any atom is 0.309 e. The molecule has 11 heteroatoms. The molecule has 0 aromatic carbocycles. The summed E-state index contributed by atoms with van der Waals surface area (Å²) in [5.41, 5.74) is 0. The monoisotopic (exact) mass is 399 g/mol. The molecule has 0 unspecified atom stereocenters. The fourth-order valence-corrected chi connectivity index (χ4v) is 5.02. The van der Waals surface area contributed by atoms with E-state index in [2.05, 4.69) is 10.6 Å². The number of ether oxygens (including phenoxy) is 1. The minimum Gasteiger partial charge on any atom is -0.467 e. The predicted molar refractivity (Wildman–Crippen MR) is 91.5 cm³/mol. The predicted octanol–water partition coefficient (Wildman–Crippen LogP) is 0.121. The molecule has 0 spiro atoms. The van der Waals surface area contributed by atoms with Crippen molar-refractivity contribution in [3.05, 3.63) is 41.7 Å². The summed E-state index contributed by atoms with van der Waals surface area (Å²) in [5, 5.41) is 6.47. The number of amides is 2. The van der Waals surface area contributed by atoms with Crippen molar-refractivity contribution in [2.45, 2.75) is 17.0 Å². The Kier molecular flexibility index (Phi) is 5.71. The molecule has 1 saturated heterocycles. The van der Waals surface area contributed by atoms with Crippen LogP contribution >= 0.6 is 11.3 Å². The van der Waals surface area contributed by atoms with E-state index in [1.54, 1.807) is 23.6 Å². The Balaban J connectivity index is 1.53. The number of sulfonamides is 1. The second-order valence-electron chi connectivity index (χ2n) is 5.35. The lowest BCUT2D eigenvalue weighted by Crippen LogP contribution is -2.47. The fraction of sp³-hybridized carbons (Fsp3) is 0.333. The minimum absolute atomic E-state index is 0.0814. The van der Waals surface area contributed by atoms with Crippen molar-refractivity contribution >= 4 is 33.2 Å². The Labute approximate surface area is 154 Å². The van der Waals surface area contributed by atoms with Gasteiger partial charge >= 0.3 is 11.8 Å². The summed E-state index contributed by atoms with van der Waals surface area (Å²) in [6, 6.07) is 6.49. The third kappa shape index (κ3) is 4.12. The van der Waals surface area contributed by atoms with Crippen molar-refractivity contribution in [3.8, 4) is 0 Å². The lowest BCUT2D eigenvalue weighted by molar-refractivity contribution is -0.139. The molecule has 1 aliphatic heterocycles. The lowest BCUT2D eigenvalue weighted by atomic mass is 10.4. The molecule has 140 valence electrons. The second-order valence-corrected chi connectivity index (χ2v) is 8.41. The molecule has 3 rings (SSSR count). The van der Waals surface area contributed by atoms with E-state index in [9.17, 15) is 18.0 Å². The Morgan fingerprint density at radius 3 is 2.73 bits per heavy atom. The smallest absolute Gasteiger partial charge is 0.309 e. The van der Waals surface area contributed by atoms with E-state index in [0.717, 1.165) is 11.3 Å². The standard InChI is InChI=1S/C15H17N3O6S2/c19-14(16-9-11-3-1-6-23-11)15(20)17-10-12-18(5-7-24-12)26(21,22)13-4-2-8-25-13/h1-4,6,8,12H,5,7,9-10H2,(H,16,19)(H,17,20)/t12-/m1/s1. The molecular weight excluding hydrogens is 382 g/mol. The van der Waals surface area contributed by atoms with Crippen molar-refractivity contribution in [1.29, 1.82) is 0 Å². The van der Waals surface area contributed by atoms with Crippen molar-refractivity contribution in [1.82, 2.24) is 14.9 Å². The molecule has 2 aromatic heterocycles. The summed E-state index contributed by atoms with van der Waals surface area (Å²) in [6.45, 7) is 0.358. The highest BCUT2D eigenvalue weighted by Gasteiger charge is 2.37. The number of nitrogens with one attached hydrogen (secondary N) is 2. The lowest BCUT2D eigenvalue weighted by Gasteiger charge is -2.22. The molecule has 3 heterocycles. The van der Waals surface area contributed by atoms with Crippen LogP contribution in [0.25, 0.3) is 0 Å². The van der Waals surface area contributed by atoms with Crippen LogP contribution in [0.5, 0.6) is 0 Å². The van der Waals surface area contributed by atoms with Crippen LogP contribution < -0.4 is 10.6 Å². The molecule has 2 aromatic rings. The molecule has 0 bridgehead atoms. The number of nitrogens with zero attached hydrogens (tertiary/aromatic N) is 1. The van der Waals surface area contributed by atoms with E-state index in [1.165, 1.54) is 16.6 Å². The molecule has 0 saturated carbocycles. The van der Waals surface area contributed by atoms with Gasteiger partial charge in [-0.2, -0.15) is 4.31 Å². The number of hydrogen-bond acceptors (Lipinski definition) is 7. The van der Waals surface area contributed by atoms with Gasteiger partial charge in [-0.15, -0.1) is 11.3 Å². The van der Waals surface area contributed by atoms with Crippen molar-refractivity contribution < 1.29 is 27.2 Å². The zero-order chi connectivity index (χ0) is 18.6. The van der Waals surface area contributed by atoms with Gasteiger partial charge in [0, 0.05) is 6.54 Å². The normalized spacial score (nSPS) is 17.9. The minimum atomic E-state index is -3.69. The van der Waals surface area contributed by atoms with Gasteiger partial charge in [-0.25, -0.2) is 8.42 Å². The van der Waals surface area contributed by atoms with Gasteiger partial charge in [0.2, 0.25) is 0 Å². The summed E-state index contributed by atoms with van der Waals surface area (Å²) in [4.78, 5) is 23.6. The Hall–Kier alpha value is -2.21. The van der Waals surface area contributed by atoms with Crippen LogP contribution in [0.2, 0.25) is 0 Å². The average Bonchev–Trinajstić information content (AvgIpc) is 3.39. The topological polar surface area (TPSA) is 118 Å². The molecule has 0 aliphatic carbocycles. The van der Waals surface area contributed by atoms with E-state index in [-0.39, 0.29) is 30.5 Å². The van der Waals surface area contributed by atoms with Gasteiger partial charge in [0.25, 0.3) is 10.0 Å². The van der Waals surface area contributed by atoms with Gasteiger partial charge in [0.05, 0.1) is 26.0 Å². The highest BCUT2D eigenvalue weighted by molar-refractivity contribution is 7.91. The fourth-order valence-electron chi connectivity index (χ4n) is 2.39. The van der Waals surface area contributed by atoms with E-state index < -0.39 is 28.1 Å². The quantitative estimate of drug-likeness (QED) is 0.666. The maximum atomic E-state index is 12.6. The second kappa shape index (κ2) is 7.99. The maximum absolute atomic E-state index is 12.6. The number of rotatable bonds is 6. The summed E-state index contributed by atoms with van der Waals surface area (Å²) in [6.07, 6.45) is 0.602. The van der Waals surface area contributed by atoms with Crippen LogP contribution in [-0.2, 0) is 30.9 Å². The van der Waals surface area contributed by atoms with Gasteiger partial charge in [0.15, 0.2) is 0 Å². The van der Waals surface area contributed by atoms with Crippen LogP contribution in [0.1, 0.15) is 5.76 Å². The van der Waals surface area contributed by atoms with Crippen LogP contribution in [0.4, 0.5) is 0 Å². The first-order chi connectivity index (χ1) is 12.5. The summed E-state index contributed by atoms with van der Waals surface area (Å²) < 4.78 is 37.0. The first-order valence-electron chi connectivity index (χ1n) is 7.74. The first kappa shape index (κ1) is 18.6. The summed E-state index contributed by atoms with van der Waals surface area (Å²) in [5.74, 6) is -1.20. The molecule has 0 radical (unpaired) electrons. The van der Waals surface area contributed by atoms with E-state index in [0.29, 0.717) is 5.76 Å². The Bertz CT molecular complexity index is 848. The van der Waals surface area contributed by atoms with Gasteiger partial charge in [-0.3, -0.25) is 9.59 Å². The largest absolute Gasteiger partial charge is 0.467 e. The zero-order valence-corrected chi connectivity index (χ0v) is 15.2. The van der Waals surface area contributed by atoms with Crippen LogP contribution in [-0.4, -0.2) is 50.5 Å². The van der Waals surface area contributed by atoms with Crippen molar-refractivity contribution in [2.24, 2.45) is 0 Å². The van der Waals surface area contributed by atoms with Crippen molar-refractivity contribution in [3.63, 3.8) is 0 Å². The zero-order valence-electron chi connectivity index (χ0n) is 13.6. The van der Waals surface area contributed by atoms with Gasteiger partial charge in [0.1, 0.15) is 16.2 Å². The first-order valence-corrected chi connectivity index (χ1v) is 10.1. The average molecular weight is 399 g/mol. The van der Waals surface area contributed by atoms with Gasteiger partial charge in [-0.1, -0.05) is 6.07 Å².